The van der Waals surface area contributed by atoms with Gasteiger partial charge in [-0.05, 0) is 57.0 Å². The van der Waals surface area contributed by atoms with E-state index in [4.69, 9.17) is 13.9 Å². The Morgan fingerprint density at radius 3 is 2.63 bits per heavy atom. The number of hydrogen-bond donors (Lipinski definition) is 1. The quantitative estimate of drug-likeness (QED) is 0.213. The van der Waals surface area contributed by atoms with Crippen LogP contribution in [0, 0.1) is 25.2 Å². The van der Waals surface area contributed by atoms with Crippen molar-refractivity contribution in [3.8, 4) is 6.07 Å². The molecule has 3 rings (SSSR count). The molecule has 2 heterocycles. The van der Waals surface area contributed by atoms with Crippen LogP contribution in [0.4, 0.5) is 10.5 Å². The highest BCUT2D eigenvalue weighted by molar-refractivity contribution is 5.98. The van der Waals surface area contributed by atoms with Gasteiger partial charge >= 0.3 is 17.7 Å². The summed E-state index contributed by atoms with van der Waals surface area (Å²) < 4.78 is 17.6. The van der Waals surface area contributed by atoms with Crippen molar-refractivity contribution in [2.75, 3.05) is 11.9 Å². The van der Waals surface area contributed by atoms with Gasteiger partial charge in [-0.1, -0.05) is 6.92 Å². The normalized spacial score (nSPS) is 11.2. The van der Waals surface area contributed by atoms with E-state index in [0.29, 0.717) is 16.6 Å². The summed E-state index contributed by atoms with van der Waals surface area (Å²) in [5.41, 5.74) is 2.99. The Bertz CT molecular complexity index is 1390. The number of nitriles is 1. The molecule has 0 saturated carbocycles. The van der Waals surface area contributed by atoms with E-state index < -0.39 is 17.7 Å². The van der Waals surface area contributed by atoms with E-state index in [0.717, 1.165) is 29.9 Å². The fourth-order valence-corrected chi connectivity index (χ4v) is 3.77. The van der Waals surface area contributed by atoms with Crippen LogP contribution in [0.5, 0.6) is 0 Å². The number of fused-ring (bicyclic) bond motifs is 1. The number of ether oxygens (including phenoxy) is 2. The average molecular weight is 478 g/mol. The smallest absolute Gasteiger partial charge is 0.411 e. The van der Waals surface area contributed by atoms with Gasteiger partial charge in [-0.15, -0.1) is 0 Å². The zero-order valence-electron chi connectivity index (χ0n) is 20.1. The monoisotopic (exact) mass is 477 g/mol. The Morgan fingerprint density at radius 1 is 1.17 bits per heavy atom. The Morgan fingerprint density at radius 2 is 1.94 bits per heavy atom. The molecular formula is C26H27N3O6. The molecule has 0 unspecified atom stereocenters. The van der Waals surface area contributed by atoms with Crippen molar-refractivity contribution in [2.24, 2.45) is 0 Å². The van der Waals surface area contributed by atoms with Gasteiger partial charge in [0.15, 0.2) is 0 Å². The molecule has 9 heteroatoms. The van der Waals surface area contributed by atoms with Crippen LogP contribution in [0.3, 0.4) is 0 Å². The van der Waals surface area contributed by atoms with Crippen molar-refractivity contribution in [3.63, 3.8) is 0 Å². The number of rotatable bonds is 8. The number of carbonyl (C=O) groups is 2. The van der Waals surface area contributed by atoms with E-state index in [9.17, 15) is 19.6 Å². The molecule has 0 atom stereocenters. The minimum absolute atomic E-state index is 0.144. The van der Waals surface area contributed by atoms with Gasteiger partial charge in [0.25, 0.3) is 0 Å². The van der Waals surface area contributed by atoms with Crippen LogP contribution >= 0.6 is 0 Å². The number of carbonyl (C=O) groups excluding carboxylic acids is 2. The molecular weight excluding hydrogens is 450 g/mol. The van der Waals surface area contributed by atoms with Crippen LogP contribution in [0.25, 0.3) is 17.0 Å². The summed E-state index contributed by atoms with van der Waals surface area (Å²) in [7, 11) is 0. The van der Waals surface area contributed by atoms with Crippen molar-refractivity contribution in [1.29, 1.82) is 5.26 Å². The van der Waals surface area contributed by atoms with E-state index in [1.807, 2.05) is 26.0 Å². The molecule has 0 bridgehead atoms. The fourth-order valence-electron chi connectivity index (χ4n) is 3.77. The van der Waals surface area contributed by atoms with Gasteiger partial charge in [-0.25, -0.2) is 14.4 Å². The number of aromatic nitrogens is 1. The lowest BCUT2D eigenvalue weighted by Crippen LogP contribution is -2.13. The van der Waals surface area contributed by atoms with E-state index >= 15 is 0 Å². The standard InChI is InChI=1S/C26H27N3O6/c1-5-9-29-16(3)10-18(17(29)4)11-19(14-27)25(31)34-15-20-12-24(30)35-23-13-21(7-8-22(20)23)28-26(32)33-6-2/h7-8,10-13H,5-6,9,15H2,1-4H3,(H,28,32)/b19-11+. The highest BCUT2D eigenvalue weighted by atomic mass is 16.5. The summed E-state index contributed by atoms with van der Waals surface area (Å²) in [6.07, 6.45) is 1.85. The third-order valence-corrected chi connectivity index (χ3v) is 5.41. The van der Waals surface area contributed by atoms with Gasteiger partial charge < -0.3 is 18.5 Å². The predicted octanol–water partition coefficient (Wildman–Crippen LogP) is 4.84. The molecule has 3 aromatic rings. The number of nitrogens with one attached hydrogen (secondary N) is 1. The lowest BCUT2D eigenvalue weighted by atomic mass is 10.1. The van der Waals surface area contributed by atoms with Crippen molar-refractivity contribution in [2.45, 2.75) is 47.3 Å². The van der Waals surface area contributed by atoms with E-state index in [2.05, 4.69) is 16.8 Å². The van der Waals surface area contributed by atoms with Crippen LogP contribution in [0.15, 0.2) is 45.1 Å². The summed E-state index contributed by atoms with van der Waals surface area (Å²) in [6.45, 7) is 8.51. The minimum Gasteiger partial charge on any atom is -0.457 e. The van der Waals surface area contributed by atoms with E-state index in [-0.39, 0.29) is 24.4 Å². The van der Waals surface area contributed by atoms with Crippen LogP contribution in [0.1, 0.15) is 42.8 Å². The molecule has 35 heavy (non-hydrogen) atoms. The number of esters is 1. The topological polar surface area (TPSA) is 124 Å². The molecule has 0 radical (unpaired) electrons. The summed E-state index contributed by atoms with van der Waals surface area (Å²) in [5.74, 6) is -0.796. The molecule has 1 amide bonds. The number of hydrogen-bond acceptors (Lipinski definition) is 7. The summed E-state index contributed by atoms with van der Waals surface area (Å²) in [6, 6.07) is 9.77. The first-order chi connectivity index (χ1) is 16.8. The Hall–Kier alpha value is -4.32. The van der Waals surface area contributed by atoms with Gasteiger partial charge in [0.2, 0.25) is 0 Å². The number of aryl methyl sites for hydroxylation is 1. The number of amides is 1. The van der Waals surface area contributed by atoms with Gasteiger partial charge in [0.1, 0.15) is 23.8 Å². The molecule has 1 N–H and O–H groups in total. The highest BCUT2D eigenvalue weighted by Crippen LogP contribution is 2.23. The summed E-state index contributed by atoms with van der Waals surface area (Å²) >= 11 is 0. The van der Waals surface area contributed by atoms with Crippen LogP contribution in [-0.2, 0) is 27.4 Å². The maximum Gasteiger partial charge on any atom is 0.411 e. The second kappa shape index (κ2) is 11.2. The zero-order valence-corrected chi connectivity index (χ0v) is 20.1. The van der Waals surface area contributed by atoms with Crippen LogP contribution in [0.2, 0.25) is 0 Å². The van der Waals surface area contributed by atoms with Gasteiger partial charge in [0, 0.05) is 46.7 Å². The highest BCUT2D eigenvalue weighted by Gasteiger charge is 2.16. The molecule has 0 saturated heterocycles. The van der Waals surface area contributed by atoms with Crippen molar-refractivity contribution < 1.29 is 23.5 Å². The Balaban J connectivity index is 1.81. The summed E-state index contributed by atoms with van der Waals surface area (Å²) in [4.78, 5) is 36.4. The maximum absolute atomic E-state index is 12.7. The van der Waals surface area contributed by atoms with Crippen molar-refractivity contribution in [3.05, 3.63) is 68.8 Å². The van der Waals surface area contributed by atoms with E-state index in [1.54, 1.807) is 19.1 Å². The largest absolute Gasteiger partial charge is 0.457 e. The lowest BCUT2D eigenvalue weighted by Gasteiger charge is -2.09. The van der Waals surface area contributed by atoms with Crippen molar-refractivity contribution in [1.82, 2.24) is 4.57 Å². The van der Waals surface area contributed by atoms with Crippen LogP contribution < -0.4 is 10.9 Å². The first kappa shape index (κ1) is 25.3. The molecule has 0 aliphatic carbocycles. The first-order valence-electron chi connectivity index (χ1n) is 11.2. The fraction of sp³-hybridized carbons (Fsp3) is 0.308. The molecule has 0 spiro atoms. The minimum atomic E-state index is -0.796. The Kier molecular flexibility index (Phi) is 8.10. The predicted molar refractivity (Wildman–Crippen MR) is 131 cm³/mol. The molecule has 0 aliphatic rings. The maximum atomic E-state index is 12.7. The second-order valence-corrected chi connectivity index (χ2v) is 7.87. The molecule has 2 aromatic heterocycles. The third kappa shape index (κ3) is 5.98. The number of benzene rings is 1. The summed E-state index contributed by atoms with van der Waals surface area (Å²) in [5, 5.41) is 12.6. The SMILES string of the molecule is CCCn1c(C)cc(/C=C(\C#N)C(=O)OCc2cc(=O)oc3cc(NC(=O)OCC)ccc23)c1C. The van der Waals surface area contributed by atoms with Crippen LogP contribution in [-0.4, -0.2) is 23.2 Å². The number of anilines is 1. The van der Waals surface area contributed by atoms with E-state index in [1.165, 1.54) is 18.2 Å². The molecule has 0 fully saturated rings. The lowest BCUT2D eigenvalue weighted by molar-refractivity contribution is -0.139. The second-order valence-electron chi connectivity index (χ2n) is 7.87. The first-order valence-corrected chi connectivity index (χ1v) is 11.2. The van der Waals surface area contributed by atoms with Crippen molar-refractivity contribution >= 4 is 34.8 Å². The van der Waals surface area contributed by atoms with Gasteiger partial charge in [-0.2, -0.15) is 5.26 Å². The third-order valence-electron chi connectivity index (χ3n) is 5.41. The zero-order chi connectivity index (χ0) is 25.5. The van der Waals surface area contributed by atoms with Gasteiger partial charge in [0.05, 0.1) is 6.61 Å². The molecule has 9 nitrogen and oxygen atoms in total. The molecule has 0 aliphatic heterocycles. The average Bonchev–Trinajstić information content (AvgIpc) is 3.08. The number of nitrogens with zero attached hydrogens (tertiary/aromatic N) is 2. The van der Waals surface area contributed by atoms with Gasteiger partial charge in [-0.3, -0.25) is 5.32 Å². The molecule has 182 valence electrons. The Labute approximate surface area is 202 Å². The molecule has 1 aromatic carbocycles.